The number of halogens is 1. The first-order chi connectivity index (χ1) is 10.5. The molecule has 6 nitrogen and oxygen atoms in total. The Morgan fingerprint density at radius 1 is 1.50 bits per heavy atom. The summed E-state index contributed by atoms with van der Waals surface area (Å²) in [5, 5.41) is 15.4. The van der Waals surface area contributed by atoms with E-state index in [1.165, 1.54) is 6.20 Å². The molecule has 3 rings (SSSR count). The van der Waals surface area contributed by atoms with E-state index in [2.05, 4.69) is 26.2 Å². The Labute approximate surface area is 136 Å². The van der Waals surface area contributed by atoms with Crippen LogP contribution >= 0.6 is 15.9 Å². The van der Waals surface area contributed by atoms with E-state index in [0.717, 1.165) is 28.2 Å². The average molecular weight is 366 g/mol. The number of anilines is 1. The molecule has 0 aliphatic carbocycles. The first-order valence-electron chi connectivity index (χ1n) is 7.15. The molecule has 0 spiro atoms. The van der Waals surface area contributed by atoms with Gasteiger partial charge < -0.3 is 10.1 Å². The minimum Gasteiger partial charge on any atom is -0.378 e. The molecule has 2 atom stereocenters. The largest absolute Gasteiger partial charge is 0.378 e. The fourth-order valence-electron chi connectivity index (χ4n) is 2.78. The first kappa shape index (κ1) is 15.2. The van der Waals surface area contributed by atoms with Crippen molar-refractivity contribution in [3.8, 4) is 0 Å². The zero-order valence-corrected chi connectivity index (χ0v) is 13.7. The van der Waals surface area contributed by atoms with Crippen LogP contribution in [0.3, 0.4) is 0 Å². The minimum absolute atomic E-state index is 0.00439. The summed E-state index contributed by atoms with van der Waals surface area (Å²) in [7, 11) is 0. The fourth-order valence-corrected chi connectivity index (χ4v) is 3.14. The number of nitrogens with one attached hydrogen (secondary N) is 1. The summed E-state index contributed by atoms with van der Waals surface area (Å²) in [5.74, 6) is 0. The Kier molecular flexibility index (Phi) is 4.26. The van der Waals surface area contributed by atoms with Crippen molar-refractivity contribution in [2.24, 2.45) is 0 Å². The van der Waals surface area contributed by atoms with E-state index in [1.807, 2.05) is 25.1 Å². The predicted octanol–water partition coefficient (Wildman–Crippen LogP) is 3.88. The van der Waals surface area contributed by atoms with Crippen LogP contribution in [0.15, 0.2) is 28.9 Å². The molecule has 22 heavy (non-hydrogen) atoms. The van der Waals surface area contributed by atoms with E-state index in [4.69, 9.17) is 4.74 Å². The number of nitrogens with zero attached hydrogens (tertiary/aromatic N) is 2. The summed E-state index contributed by atoms with van der Waals surface area (Å²) >= 11 is 3.42. The Morgan fingerprint density at radius 3 is 3.05 bits per heavy atom. The zero-order chi connectivity index (χ0) is 15.7. The Morgan fingerprint density at radius 2 is 2.32 bits per heavy atom. The quantitative estimate of drug-likeness (QED) is 0.659. The maximum absolute atomic E-state index is 11.3. The molecule has 0 amide bonds. The second-order valence-electron chi connectivity index (χ2n) is 5.48. The summed E-state index contributed by atoms with van der Waals surface area (Å²) in [6, 6.07) is 5.75. The van der Waals surface area contributed by atoms with Gasteiger partial charge in [-0.15, -0.1) is 0 Å². The van der Waals surface area contributed by atoms with Gasteiger partial charge in [0.25, 0.3) is 0 Å². The van der Waals surface area contributed by atoms with Crippen molar-refractivity contribution in [3.05, 3.63) is 39.0 Å². The lowest BCUT2D eigenvalue weighted by atomic mass is 10.0. The van der Waals surface area contributed by atoms with Gasteiger partial charge in [-0.1, -0.05) is 15.9 Å². The standard InChI is InChI=1S/C15H16BrN3O3/c1-9-6-11(4-5-22-9)18-15-12-7-10(16)2-3-13(12)17-8-14(15)19(20)21/h2-3,7-9,11H,4-6H2,1H3,(H,17,18)/t9-,11-/m1/s1. The fraction of sp³-hybridized carbons (Fsp3) is 0.400. The van der Waals surface area contributed by atoms with E-state index >= 15 is 0 Å². The molecule has 0 saturated carbocycles. The van der Waals surface area contributed by atoms with Crippen LogP contribution in [0.4, 0.5) is 11.4 Å². The molecule has 0 unspecified atom stereocenters. The number of ether oxygens (including phenoxy) is 1. The van der Waals surface area contributed by atoms with E-state index < -0.39 is 4.92 Å². The van der Waals surface area contributed by atoms with Gasteiger partial charge in [0.15, 0.2) is 0 Å². The summed E-state index contributed by atoms with van der Waals surface area (Å²) in [4.78, 5) is 15.1. The van der Waals surface area contributed by atoms with Gasteiger partial charge in [0.2, 0.25) is 0 Å². The lowest BCUT2D eigenvalue weighted by Gasteiger charge is -2.28. The summed E-state index contributed by atoms with van der Waals surface area (Å²) in [6.07, 6.45) is 3.14. The molecule has 2 aromatic rings. The van der Waals surface area contributed by atoms with Crippen molar-refractivity contribution in [2.75, 3.05) is 11.9 Å². The van der Waals surface area contributed by atoms with Gasteiger partial charge >= 0.3 is 5.69 Å². The summed E-state index contributed by atoms with van der Waals surface area (Å²) in [5.41, 5.74) is 1.27. The van der Waals surface area contributed by atoms with Gasteiger partial charge in [0.1, 0.15) is 11.9 Å². The van der Waals surface area contributed by atoms with Crippen molar-refractivity contribution < 1.29 is 9.66 Å². The minimum atomic E-state index is -0.390. The molecule has 1 aromatic heterocycles. The predicted molar refractivity (Wildman–Crippen MR) is 88.2 cm³/mol. The molecule has 0 radical (unpaired) electrons. The molecular weight excluding hydrogens is 350 g/mol. The molecule has 1 aliphatic heterocycles. The highest BCUT2D eigenvalue weighted by atomic mass is 79.9. The van der Waals surface area contributed by atoms with Gasteiger partial charge in [-0.3, -0.25) is 10.1 Å². The van der Waals surface area contributed by atoms with Crippen molar-refractivity contribution in [1.29, 1.82) is 0 Å². The van der Waals surface area contributed by atoms with Crippen molar-refractivity contribution in [1.82, 2.24) is 4.98 Å². The number of pyridine rings is 1. The molecular formula is C15H16BrN3O3. The van der Waals surface area contributed by atoms with Gasteiger partial charge in [-0.2, -0.15) is 0 Å². The van der Waals surface area contributed by atoms with Crippen molar-refractivity contribution in [2.45, 2.75) is 31.9 Å². The van der Waals surface area contributed by atoms with Crippen LogP contribution in [0.5, 0.6) is 0 Å². The van der Waals surface area contributed by atoms with Gasteiger partial charge in [0.05, 0.1) is 16.5 Å². The first-order valence-corrected chi connectivity index (χ1v) is 7.94. The third-order valence-corrected chi connectivity index (χ3v) is 4.33. The van der Waals surface area contributed by atoms with Gasteiger partial charge in [-0.05, 0) is 38.0 Å². The second kappa shape index (κ2) is 6.18. The normalized spacial score (nSPS) is 21.7. The van der Waals surface area contributed by atoms with Crippen LogP contribution < -0.4 is 5.32 Å². The molecule has 1 N–H and O–H groups in total. The monoisotopic (exact) mass is 365 g/mol. The molecule has 2 heterocycles. The molecule has 1 aromatic carbocycles. The average Bonchev–Trinajstić information content (AvgIpc) is 2.47. The van der Waals surface area contributed by atoms with E-state index in [9.17, 15) is 10.1 Å². The van der Waals surface area contributed by atoms with Crippen LogP contribution in [0, 0.1) is 10.1 Å². The Hall–Kier alpha value is -1.73. The molecule has 1 saturated heterocycles. The van der Waals surface area contributed by atoms with Gasteiger partial charge in [0, 0.05) is 22.5 Å². The third-order valence-electron chi connectivity index (χ3n) is 3.84. The highest BCUT2D eigenvalue weighted by Crippen LogP contribution is 2.34. The number of hydrogen-bond acceptors (Lipinski definition) is 5. The molecule has 1 fully saturated rings. The smallest absolute Gasteiger partial charge is 0.311 e. The lowest BCUT2D eigenvalue weighted by molar-refractivity contribution is -0.384. The van der Waals surface area contributed by atoms with Crippen LogP contribution in [-0.4, -0.2) is 28.7 Å². The van der Waals surface area contributed by atoms with Crippen molar-refractivity contribution >= 4 is 38.2 Å². The van der Waals surface area contributed by atoms with Crippen LogP contribution in [-0.2, 0) is 4.74 Å². The summed E-state index contributed by atoms with van der Waals surface area (Å²) < 4.78 is 6.40. The number of nitro groups is 1. The molecule has 0 bridgehead atoms. The third kappa shape index (κ3) is 3.05. The maximum atomic E-state index is 11.3. The van der Waals surface area contributed by atoms with E-state index in [-0.39, 0.29) is 17.8 Å². The van der Waals surface area contributed by atoms with Crippen LogP contribution in [0.2, 0.25) is 0 Å². The SMILES string of the molecule is C[C@@H]1C[C@H](Nc2c([N+](=O)[O-])cnc3ccc(Br)cc23)CCO1. The molecule has 7 heteroatoms. The highest BCUT2D eigenvalue weighted by molar-refractivity contribution is 9.10. The number of fused-ring (bicyclic) bond motifs is 1. The Balaban J connectivity index is 2.05. The highest BCUT2D eigenvalue weighted by Gasteiger charge is 2.24. The van der Waals surface area contributed by atoms with Crippen LogP contribution in [0.1, 0.15) is 19.8 Å². The van der Waals surface area contributed by atoms with Gasteiger partial charge in [-0.25, -0.2) is 4.98 Å². The number of benzene rings is 1. The Bertz CT molecular complexity index is 722. The topological polar surface area (TPSA) is 77.3 Å². The number of aromatic nitrogens is 1. The number of hydrogen-bond donors (Lipinski definition) is 1. The van der Waals surface area contributed by atoms with Crippen molar-refractivity contribution in [3.63, 3.8) is 0 Å². The zero-order valence-electron chi connectivity index (χ0n) is 12.1. The molecule has 116 valence electrons. The van der Waals surface area contributed by atoms with E-state index in [1.54, 1.807) is 0 Å². The van der Waals surface area contributed by atoms with E-state index in [0.29, 0.717) is 12.3 Å². The number of rotatable bonds is 3. The second-order valence-corrected chi connectivity index (χ2v) is 6.40. The maximum Gasteiger partial charge on any atom is 0.311 e. The lowest BCUT2D eigenvalue weighted by Crippen LogP contribution is -2.32. The molecule has 1 aliphatic rings. The van der Waals surface area contributed by atoms with Crippen LogP contribution in [0.25, 0.3) is 10.9 Å². The summed E-state index contributed by atoms with van der Waals surface area (Å²) in [6.45, 7) is 2.68.